The summed E-state index contributed by atoms with van der Waals surface area (Å²) in [5, 5.41) is 3.70. The average Bonchev–Trinajstić information content (AvgIpc) is 3.26. The highest BCUT2D eigenvalue weighted by Gasteiger charge is 2.32. The summed E-state index contributed by atoms with van der Waals surface area (Å²) < 4.78 is 45.2. The van der Waals surface area contributed by atoms with Gasteiger partial charge in [0, 0.05) is 24.3 Å². The molecule has 4 aromatic rings. The minimum absolute atomic E-state index is 0.296. The molecule has 0 saturated carbocycles. The maximum atomic E-state index is 12.7. The van der Waals surface area contributed by atoms with E-state index in [2.05, 4.69) is 10.3 Å². The molecule has 29 heavy (non-hydrogen) atoms. The molecule has 4 rings (SSSR count). The number of rotatable bonds is 4. The van der Waals surface area contributed by atoms with E-state index in [0.29, 0.717) is 29.1 Å². The van der Waals surface area contributed by atoms with Crippen LogP contribution in [0.4, 0.5) is 18.9 Å². The summed E-state index contributed by atoms with van der Waals surface area (Å²) in [6.07, 6.45) is -0.0488. The Balaban J connectivity index is 1.64. The van der Waals surface area contributed by atoms with Crippen molar-refractivity contribution < 1.29 is 22.4 Å². The number of alkyl halides is 3. The minimum Gasteiger partial charge on any atom is -0.469 e. The second-order valence-corrected chi connectivity index (χ2v) is 6.58. The second-order valence-electron chi connectivity index (χ2n) is 6.58. The number of fused-ring (bicyclic) bond motifs is 1. The number of carbonyl (C=O) groups is 1. The molecule has 0 unspecified atom stereocenters. The number of furan rings is 1. The summed E-state index contributed by atoms with van der Waals surface area (Å²) >= 11 is 0. The Kier molecular flexibility index (Phi) is 4.62. The number of carbonyl (C=O) groups excluding carboxylic acids is 1. The van der Waals surface area contributed by atoms with Crippen LogP contribution in [-0.4, -0.2) is 15.5 Å². The van der Waals surface area contributed by atoms with Crippen LogP contribution in [0.1, 0.15) is 27.4 Å². The fraction of sp³-hybridized carbons (Fsp3) is 0.143. The Hall–Kier alpha value is -3.55. The van der Waals surface area contributed by atoms with Crippen LogP contribution in [0.5, 0.6) is 0 Å². The van der Waals surface area contributed by atoms with Crippen molar-refractivity contribution in [2.45, 2.75) is 19.6 Å². The number of amides is 1. The lowest BCUT2D eigenvalue weighted by Gasteiger charge is -2.08. The average molecular weight is 399 g/mol. The SMILES string of the molecule is Cc1occc1C(=O)Nc1cn(Cc2ccc(C(F)(F)F)nc2)c2ccccc12. The topological polar surface area (TPSA) is 60.1 Å². The van der Waals surface area contributed by atoms with Gasteiger partial charge in [0.15, 0.2) is 0 Å². The molecule has 1 N–H and O–H groups in total. The molecule has 0 radical (unpaired) electrons. The van der Waals surface area contributed by atoms with E-state index in [9.17, 15) is 18.0 Å². The molecule has 148 valence electrons. The van der Waals surface area contributed by atoms with E-state index in [1.165, 1.54) is 18.5 Å². The van der Waals surface area contributed by atoms with Crippen LogP contribution in [0.25, 0.3) is 10.9 Å². The standard InChI is InChI=1S/C21H16F3N3O2/c1-13-15(8-9-29-13)20(28)26-17-12-27(18-5-3-2-4-16(17)18)11-14-6-7-19(25-10-14)21(22,23)24/h2-10,12H,11H2,1H3,(H,26,28). The number of nitrogens with one attached hydrogen (secondary N) is 1. The van der Waals surface area contributed by atoms with E-state index in [0.717, 1.165) is 17.0 Å². The number of hydrogen-bond donors (Lipinski definition) is 1. The first-order valence-corrected chi connectivity index (χ1v) is 8.78. The van der Waals surface area contributed by atoms with Gasteiger partial charge in [-0.05, 0) is 30.7 Å². The third-order valence-corrected chi connectivity index (χ3v) is 4.61. The summed E-state index contributed by atoms with van der Waals surface area (Å²) in [6, 6.07) is 11.4. The number of pyridine rings is 1. The van der Waals surface area contributed by atoms with Crippen LogP contribution in [0.15, 0.2) is 65.5 Å². The van der Waals surface area contributed by atoms with Gasteiger partial charge >= 0.3 is 6.18 Å². The van der Waals surface area contributed by atoms with Crippen LogP contribution >= 0.6 is 0 Å². The first kappa shape index (κ1) is 18.8. The lowest BCUT2D eigenvalue weighted by atomic mass is 10.2. The van der Waals surface area contributed by atoms with Crippen molar-refractivity contribution in [2.75, 3.05) is 5.32 Å². The fourth-order valence-corrected chi connectivity index (χ4v) is 3.17. The van der Waals surface area contributed by atoms with Gasteiger partial charge in [0.05, 0.1) is 23.0 Å². The van der Waals surface area contributed by atoms with Crippen molar-refractivity contribution in [1.29, 1.82) is 0 Å². The van der Waals surface area contributed by atoms with Crippen molar-refractivity contribution in [2.24, 2.45) is 0 Å². The molecule has 3 aromatic heterocycles. The maximum absolute atomic E-state index is 12.7. The van der Waals surface area contributed by atoms with Crippen LogP contribution in [0, 0.1) is 6.92 Å². The van der Waals surface area contributed by atoms with Gasteiger partial charge in [0.1, 0.15) is 11.5 Å². The maximum Gasteiger partial charge on any atom is 0.433 e. The quantitative estimate of drug-likeness (QED) is 0.509. The third kappa shape index (κ3) is 3.73. The van der Waals surface area contributed by atoms with Crippen molar-refractivity contribution in [3.8, 4) is 0 Å². The van der Waals surface area contributed by atoms with E-state index in [1.807, 2.05) is 28.8 Å². The number of benzene rings is 1. The van der Waals surface area contributed by atoms with E-state index < -0.39 is 11.9 Å². The van der Waals surface area contributed by atoms with Crippen molar-refractivity contribution >= 4 is 22.5 Å². The molecule has 1 aromatic carbocycles. The van der Waals surface area contributed by atoms with Crippen LogP contribution < -0.4 is 5.32 Å². The predicted molar refractivity (Wildman–Crippen MR) is 102 cm³/mol. The van der Waals surface area contributed by atoms with E-state index in [-0.39, 0.29) is 5.91 Å². The van der Waals surface area contributed by atoms with Gasteiger partial charge in [0.25, 0.3) is 5.91 Å². The smallest absolute Gasteiger partial charge is 0.433 e. The molecule has 0 spiro atoms. The summed E-state index contributed by atoms with van der Waals surface area (Å²) in [7, 11) is 0. The first-order chi connectivity index (χ1) is 13.8. The lowest BCUT2D eigenvalue weighted by molar-refractivity contribution is -0.141. The zero-order valence-electron chi connectivity index (χ0n) is 15.3. The largest absolute Gasteiger partial charge is 0.469 e. The minimum atomic E-state index is -4.47. The van der Waals surface area contributed by atoms with Crippen LogP contribution in [-0.2, 0) is 12.7 Å². The van der Waals surface area contributed by atoms with E-state index in [4.69, 9.17) is 4.42 Å². The Morgan fingerprint density at radius 3 is 2.62 bits per heavy atom. The Bertz CT molecular complexity index is 1170. The number of aromatic nitrogens is 2. The Morgan fingerprint density at radius 2 is 1.97 bits per heavy atom. The Morgan fingerprint density at radius 1 is 1.17 bits per heavy atom. The molecule has 0 fully saturated rings. The number of halogens is 3. The predicted octanol–water partition coefficient (Wildman–Crippen LogP) is 5.26. The zero-order valence-corrected chi connectivity index (χ0v) is 15.3. The van der Waals surface area contributed by atoms with E-state index in [1.54, 1.807) is 19.2 Å². The van der Waals surface area contributed by atoms with Crippen molar-refractivity contribution in [3.63, 3.8) is 0 Å². The number of hydrogen-bond acceptors (Lipinski definition) is 3. The van der Waals surface area contributed by atoms with Crippen LogP contribution in [0.2, 0.25) is 0 Å². The molecule has 1 amide bonds. The molecular formula is C21H16F3N3O2. The first-order valence-electron chi connectivity index (χ1n) is 8.78. The monoisotopic (exact) mass is 399 g/mol. The number of aryl methyl sites for hydroxylation is 1. The molecule has 0 saturated heterocycles. The molecule has 0 aliphatic heterocycles. The molecule has 0 aliphatic rings. The summed E-state index contributed by atoms with van der Waals surface area (Å²) in [6.45, 7) is 2.02. The third-order valence-electron chi connectivity index (χ3n) is 4.61. The van der Waals surface area contributed by atoms with Gasteiger partial charge < -0.3 is 14.3 Å². The molecule has 0 bridgehead atoms. The Labute approximate surface area is 163 Å². The highest BCUT2D eigenvalue weighted by molar-refractivity contribution is 6.09. The second kappa shape index (κ2) is 7.12. The van der Waals surface area contributed by atoms with Gasteiger partial charge in [-0.2, -0.15) is 13.2 Å². The fourth-order valence-electron chi connectivity index (χ4n) is 3.17. The molecule has 8 heteroatoms. The highest BCUT2D eigenvalue weighted by Crippen LogP contribution is 2.29. The summed E-state index contributed by atoms with van der Waals surface area (Å²) in [4.78, 5) is 16.0. The van der Waals surface area contributed by atoms with Gasteiger partial charge in [0.2, 0.25) is 0 Å². The number of nitrogens with zero attached hydrogens (tertiary/aromatic N) is 2. The molecule has 0 aliphatic carbocycles. The van der Waals surface area contributed by atoms with Gasteiger partial charge in [-0.15, -0.1) is 0 Å². The molecule has 5 nitrogen and oxygen atoms in total. The van der Waals surface area contributed by atoms with Gasteiger partial charge in [-0.3, -0.25) is 9.78 Å². The van der Waals surface area contributed by atoms with Crippen molar-refractivity contribution in [3.05, 3.63) is 83.7 Å². The van der Waals surface area contributed by atoms with Gasteiger partial charge in [-0.1, -0.05) is 24.3 Å². The van der Waals surface area contributed by atoms with Gasteiger partial charge in [-0.25, -0.2) is 0 Å². The van der Waals surface area contributed by atoms with E-state index >= 15 is 0 Å². The highest BCUT2D eigenvalue weighted by atomic mass is 19.4. The molecule has 0 atom stereocenters. The molecular weight excluding hydrogens is 383 g/mol. The zero-order chi connectivity index (χ0) is 20.6. The number of para-hydroxylation sites is 1. The number of anilines is 1. The summed E-state index contributed by atoms with van der Waals surface area (Å²) in [5.41, 5.74) is 1.57. The van der Waals surface area contributed by atoms with Crippen molar-refractivity contribution in [1.82, 2.24) is 9.55 Å². The lowest BCUT2D eigenvalue weighted by Crippen LogP contribution is -2.11. The normalized spacial score (nSPS) is 11.7. The van der Waals surface area contributed by atoms with Crippen LogP contribution in [0.3, 0.4) is 0 Å². The summed E-state index contributed by atoms with van der Waals surface area (Å²) in [5.74, 6) is 0.220. The molecule has 3 heterocycles.